The first-order valence-electron chi connectivity index (χ1n) is 5.42. The molecule has 0 spiro atoms. The fourth-order valence-corrected chi connectivity index (χ4v) is 1.69. The van der Waals surface area contributed by atoms with Gasteiger partial charge in [-0.05, 0) is 17.7 Å². The lowest BCUT2D eigenvalue weighted by molar-refractivity contribution is -0.129. The van der Waals surface area contributed by atoms with E-state index in [2.05, 4.69) is 5.32 Å². The van der Waals surface area contributed by atoms with Gasteiger partial charge in [-0.15, -0.1) is 0 Å². The van der Waals surface area contributed by atoms with Crippen molar-refractivity contribution < 1.29 is 14.3 Å². The Hall–Kier alpha value is -2.04. The molecule has 90 valence electrons. The van der Waals surface area contributed by atoms with E-state index in [0.717, 1.165) is 11.3 Å². The molecule has 1 aromatic rings. The molecule has 0 aromatic heterocycles. The van der Waals surface area contributed by atoms with Crippen LogP contribution in [0.3, 0.4) is 0 Å². The number of hydrogen-bond donors (Lipinski definition) is 1. The van der Waals surface area contributed by atoms with E-state index in [4.69, 9.17) is 4.74 Å². The molecule has 3 amide bonds. The third kappa shape index (κ3) is 2.55. The summed E-state index contributed by atoms with van der Waals surface area (Å²) in [4.78, 5) is 24.3. The zero-order chi connectivity index (χ0) is 12.3. The van der Waals surface area contributed by atoms with Gasteiger partial charge >= 0.3 is 6.03 Å². The zero-order valence-corrected chi connectivity index (χ0v) is 9.60. The fraction of sp³-hybridized carbons (Fsp3) is 0.333. The van der Waals surface area contributed by atoms with Crippen molar-refractivity contribution in [3.63, 3.8) is 0 Å². The van der Waals surface area contributed by atoms with Crippen molar-refractivity contribution in [2.45, 2.75) is 13.0 Å². The molecule has 2 rings (SSSR count). The minimum Gasteiger partial charge on any atom is -0.497 e. The standard InChI is InChI=1S/C12H14N2O3/c1-17-10-4-2-9(3-5-10)8-14-11(15)6-7-13-12(14)16/h2-5H,6-8H2,1H3,(H,13,16). The number of nitrogens with one attached hydrogen (secondary N) is 1. The van der Waals surface area contributed by atoms with Crippen LogP contribution >= 0.6 is 0 Å². The monoisotopic (exact) mass is 234 g/mol. The van der Waals surface area contributed by atoms with Crippen LogP contribution < -0.4 is 10.1 Å². The van der Waals surface area contributed by atoms with Crippen molar-refractivity contribution in [2.24, 2.45) is 0 Å². The van der Waals surface area contributed by atoms with Crippen molar-refractivity contribution in [1.29, 1.82) is 0 Å². The number of benzene rings is 1. The maximum atomic E-state index is 11.6. The van der Waals surface area contributed by atoms with Gasteiger partial charge in [-0.2, -0.15) is 0 Å². The summed E-state index contributed by atoms with van der Waals surface area (Å²) >= 11 is 0. The van der Waals surface area contributed by atoms with Crippen LogP contribution in [0.15, 0.2) is 24.3 Å². The molecular weight excluding hydrogens is 220 g/mol. The van der Waals surface area contributed by atoms with E-state index in [0.29, 0.717) is 19.5 Å². The van der Waals surface area contributed by atoms with Crippen molar-refractivity contribution >= 4 is 11.9 Å². The summed E-state index contributed by atoms with van der Waals surface area (Å²) in [5.41, 5.74) is 0.899. The summed E-state index contributed by atoms with van der Waals surface area (Å²) in [6, 6.07) is 6.97. The Morgan fingerprint density at radius 1 is 1.29 bits per heavy atom. The molecule has 0 radical (unpaired) electrons. The summed E-state index contributed by atoms with van der Waals surface area (Å²) < 4.78 is 5.04. The van der Waals surface area contributed by atoms with Gasteiger partial charge in [-0.3, -0.25) is 9.69 Å². The number of urea groups is 1. The van der Waals surface area contributed by atoms with Crippen LogP contribution in [0.1, 0.15) is 12.0 Å². The molecule has 0 unspecified atom stereocenters. The number of rotatable bonds is 3. The molecule has 1 aromatic carbocycles. The topological polar surface area (TPSA) is 58.6 Å². The maximum absolute atomic E-state index is 11.6. The summed E-state index contributed by atoms with van der Waals surface area (Å²) in [6.07, 6.45) is 0.363. The van der Waals surface area contributed by atoms with Gasteiger partial charge in [0.2, 0.25) is 5.91 Å². The Bertz CT molecular complexity index is 412. The van der Waals surface area contributed by atoms with Gasteiger partial charge in [0.05, 0.1) is 13.7 Å². The largest absolute Gasteiger partial charge is 0.497 e. The van der Waals surface area contributed by atoms with Crippen LogP contribution in [0.25, 0.3) is 0 Å². The quantitative estimate of drug-likeness (QED) is 0.853. The highest BCUT2D eigenvalue weighted by Crippen LogP contribution is 2.14. The molecule has 1 N–H and O–H groups in total. The normalized spacial score (nSPS) is 15.7. The first-order valence-corrected chi connectivity index (χ1v) is 5.42. The van der Waals surface area contributed by atoms with Crippen LogP contribution in [-0.4, -0.2) is 30.5 Å². The highest BCUT2D eigenvalue weighted by atomic mass is 16.5. The second-order valence-corrected chi connectivity index (χ2v) is 3.81. The molecule has 0 saturated carbocycles. The van der Waals surface area contributed by atoms with Crippen LogP contribution in [0, 0.1) is 0 Å². The first kappa shape index (κ1) is 11.4. The molecule has 5 heteroatoms. The number of ether oxygens (including phenoxy) is 1. The lowest BCUT2D eigenvalue weighted by Gasteiger charge is -2.25. The summed E-state index contributed by atoms with van der Waals surface area (Å²) in [5.74, 6) is 0.618. The molecule has 0 aliphatic carbocycles. The first-order chi connectivity index (χ1) is 8.20. The highest BCUT2D eigenvalue weighted by molar-refractivity contribution is 5.96. The Morgan fingerprint density at radius 3 is 2.59 bits per heavy atom. The van der Waals surface area contributed by atoms with Gasteiger partial charge < -0.3 is 10.1 Å². The van der Waals surface area contributed by atoms with Crippen molar-refractivity contribution in [3.8, 4) is 5.75 Å². The van der Waals surface area contributed by atoms with E-state index >= 15 is 0 Å². The molecular formula is C12H14N2O3. The molecule has 5 nitrogen and oxygen atoms in total. The van der Waals surface area contributed by atoms with Crippen molar-refractivity contribution in [3.05, 3.63) is 29.8 Å². The maximum Gasteiger partial charge on any atom is 0.324 e. The molecule has 1 heterocycles. The van der Waals surface area contributed by atoms with E-state index in [1.54, 1.807) is 7.11 Å². The van der Waals surface area contributed by atoms with Gasteiger partial charge in [0, 0.05) is 13.0 Å². The SMILES string of the molecule is COc1ccc(CN2C(=O)CCNC2=O)cc1. The minimum absolute atomic E-state index is 0.135. The summed E-state index contributed by atoms with van der Waals surface area (Å²) in [7, 11) is 1.59. The second kappa shape index (κ2) is 4.86. The second-order valence-electron chi connectivity index (χ2n) is 3.81. The van der Waals surface area contributed by atoms with E-state index < -0.39 is 0 Å². The van der Waals surface area contributed by atoms with Gasteiger partial charge in [-0.1, -0.05) is 12.1 Å². The number of imide groups is 1. The number of hydrogen-bond acceptors (Lipinski definition) is 3. The van der Waals surface area contributed by atoms with Gasteiger partial charge in [-0.25, -0.2) is 4.79 Å². The Morgan fingerprint density at radius 2 is 2.00 bits per heavy atom. The molecule has 1 aliphatic heterocycles. The number of methoxy groups -OCH3 is 1. The number of carbonyl (C=O) groups excluding carboxylic acids is 2. The van der Waals surface area contributed by atoms with Crippen LogP contribution in [-0.2, 0) is 11.3 Å². The number of amides is 3. The van der Waals surface area contributed by atoms with Crippen LogP contribution in [0.4, 0.5) is 4.79 Å². The van der Waals surface area contributed by atoms with Crippen LogP contribution in [0.5, 0.6) is 5.75 Å². The average molecular weight is 234 g/mol. The summed E-state index contributed by atoms with van der Waals surface area (Å²) in [6.45, 7) is 0.728. The molecule has 0 atom stereocenters. The smallest absolute Gasteiger partial charge is 0.324 e. The van der Waals surface area contributed by atoms with Gasteiger partial charge in [0.1, 0.15) is 5.75 Å². The van der Waals surface area contributed by atoms with Gasteiger partial charge in [0.25, 0.3) is 0 Å². The van der Waals surface area contributed by atoms with E-state index in [9.17, 15) is 9.59 Å². The molecule has 1 saturated heterocycles. The molecule has 1 aliphatic rings. The number of carbonyl (C=O) groups is 2. The fourth-order valence-electron chi connectivity index (χ4n) is 1.69. The predicted molar refractivity (Wildman–Crippen MR) is 61.6 cm³/mol. The summed E-state index contributed by atoms with van der Waals surface area (Å²) in [5, 5.41) is 2.65. The zero-order valence-electron chi connectivity index (χ0n) is 9.60. The van der Waals surface area contributed by atoms with Gasteiger partial charge in [0.15, 0.2) is 0 Å². The van der Waals surface area contributed by atoms with E-state index in [1.165, 1.54) is 4.90 Å². The molecule has 1 fully saturated rings. The third-order valence-electron chi connectivity index (χ3n) is 2.66. The highest BCUT2D eigenvalue weighted by Gasteiger charge is 2.25. The Kier molecular flexibility index (Phi) is 3.27. The van der Waals surface area contributed by atoms with E-state index in [-0.39, 0.29) is 11.9 Å². The lowest BCUT2D eigenvalue weighted by atomic mass is 10.2. The number of nitrogens with zero attached hydrogens (tertiary/aromatic N) is 1. The third-order valence-corrected chi connectivity index (χ3v) is 2.66. The van der Waals surface area contributed by atoms with Crippen molar-refractivity contribution in [1.82, 2.24) is 10.2 Å². The average Bonchev–Trinajstić information content (AvgIpc) is 2.35. The van der Waals surface area contributed by atoms with E-state index in [1.807, 2.05) is 24.3 Å². The molecule has 0 bridgehead atoms. The minimum atomic E-state index is -0.322. The predicted octanol–water partition coefficient (Wildman–Crippen LogP) is 1.14. The van der Waals surface area contributed by atoms with Crippen molar-refractivity contribution in [2.75, 3.05) is 13.7 Å². The Balaban J connectivity index is 2.08. The van der Waals surface area contributed by atoms with Crippen LogP contribution in [0.2, 0.25) is 0 Å². The Labute approximate surface area is 99.4 Å². The molecule has 17 heavy (non-hydrogen) atoms. The lowest BCUT2D eigenvalue weighted by Crippen LogP contribution is -2.49.